The van der Waals surface area contributed by atoms with E-state index in [2.05, 4.69) is 11.1 Å². The van der Waals surface area contributed by atoms with Crippen LogP contribution < -0.4 is 4.18 Å². The van der Waals surface area contributed by atoms with Crippen LogP contribution in [0.3, 0.4) is 0 Å². The van der Waals surface area contributed by atoms with Gasteiger partial charge in [0.2, 0.25) is 0 Å². The van der Waals surface area contributed by atoms with Crippen molar-refractivity contribution in [2.45, 2.75) is 51.6 Å². The van der Waals surface area contributed by atoms with Crippen LogP contribution in [0.5, 0.6) is 5.75 Å². The van der Waals surface area contributed by atoms with Crippen molar-refractivity contribution < 1.29 is 22.3 Å². The molecule has 0 heterocycles. The van der Waals surface area contributed by atoms with E-state index in [0.29, 0.717) is 5.92 Å². The van der Waals surface area contributed by atoms with Crippen LogP contribution in [0, 0.1) is 11.3 Å². The zero-order valence-electron chi connectivity index (χ0n) is 13.7. The number of aryl methyl sites for hydroxylation is 1. The Hall–Kier alpha value is -1.37. The Morgan fingerprint density at radius 3 is 2.75 bits per heavy atom. The predicted molar refractivity (Wildman–Crippen MR) is 89.9 cm³/mol. The molecule has 2 N–H and O–H groups in total. The van der Waals surface area contributed by atoms with E-state index in [-0.39, 0.29) is 17.3 Å². The molecule has 5 nitrogen and oxygen atoms in total. The van der Waals surface area contributed by atoms with Crippen molar-refractivity contribution in [3.63, 3.8) is 0 Å². The molecule has 0 amide bonds. The summed E-state index contributed by atoms with van der Waals surface area (Å²) in [5.41, 5.74) is 5.09. The van der Waals surface area contributed by atoms with Crippen LogP contribution in [-0.4, -0.2) is 24.2 Å². The SMILES string of the molecule is C[C@]12CCC3=C(CCc4cc(OS(=O)(=O)O)ccc43)[C@@H]1CC[C@H]2O. The lowest BCUT2D eigenvalue weighted by molar-refractivity contribution is 0.0379. The van der Waals surface area contributed by atoms with Gasteiger partial charge in [-0.1, -0.05) is 18.6 Å². The second-order valence-electron chi connectivity index (χ2n) is 7.49. The van der Waals surface area contributed by atoms with E-state index in [1.165, 1.54) is 16.7 Å². The normalized spacial score (nSPS) is 32.1. The number of aliphatic hydroxyl groups excluding tert-OH is 1. The molecular formula is C18H22O5S. The summed E-state index contributed by atoms with van der Waals surface area (Å²) < 4.78 is 35.2. The van der Waals surface area contributed by atoms with E-state index in [1.54, 1.807) is 12.1 Å². The minimum absolute atomic E-state index is 0.00432. The first kappa shape index (κ1) is 16.1. The van der Waals surface area contributed by atoms with Gasteiger partial charge < -0.3 is 9.29 Å². The van der Waals surface area contributed by atoms with Crippen molar-refractivity contribution in [1.29, 1.82) is 0 Å². The van der Waals surface area contributed by atoms with E-state index < -0.39 is 10.4 Å². The number of hydrogen-bond acceptors (Lipinski definition) is 4. The summed E-state index contributed by atoms with van der Waals surface area (Å²) in [6.07, 6.45) is 5.44. The molecule has 0 saturated heterocycles. The van der Waals surface area contributed by atoms with E-state index in [1.807, 2.05) is 6.07 Å². The van der Waals surface area contributed by atoms with Gasteiger partial charge in [0.25, 0.3) is 0 Å². The number of rotatable bonds is 2. The Morgan fingerprint density at radius 1 is 1.21 bits per heavy atom. The highest BCUT2D eigenvalue weighted by Crippen LogP contribution is 2.58. The highest BCUT2D eigenvalue weighted by atomic mass is 32.3. The molecule has 0 aliphatic heterocycles. The molecule has 1 aromatic carbocycles. The third-order valence-corrected chi connectivity index (χ3v) is 6.68. The third-order valence-electron chi connectivity index (χ3n) is 6.28. The molecule has 0 bridgehead atoms. The van der Waals surface area contributed by atoms with Crippen molar-refractivity contribution in [3.05, 3.63) is 34.9 Å². The molecule has 6 heteroatoms. The van der Waals surface area contributed by atoms with Crippen LogP contribution >= 0.6 is 0 Å². The molecule has 3 aliphatic carbocycles. The highest BCUT2D eigenvalue weighted by molar-refractivity contribution is 7.81. The van der Waals surface area contributed by atoms with Crippen LogP contribution in [0.25, 0.3) is 5.57 Å². The van der Waals surface area contributed by atoms with E-state index >= 15 is 0 Å². The maximum absolute atomic E-state index is 10.9. The largest absolute Gasteiger partial charge is 0.446 e. The third kappa shape index (κ3) is 2.48. The lowest BCUT2D eigenvalue weighted by Crippen LogP contribution is -2.37. The van der Waals surface area contributed by atoms with E-state index in [9.17, 15) is 13.5 Å². The number of benzene rings is 1. The second-order valence-corrected chi connectivity index (χ2v) is 8.51. The van der Waals surface area contributed by atoms with Crippen LogP contribution in [0.15, 0.2) is 23.8 Å². The van der Waals surface area contributed by atoms with Crippen LogP contribution in [-0.2, 0) is 16.8 Å². The Morgan fingerprint density at radius 2 is 2.00 bits per heavy atom. The number of allylic oxidation sites excluding steroid dienone is 2. The summed E-state index contributed by atoms with van der Waals surface area (Å²) in [5.74, 6) is 0.607. The van der Waals surface area contributed by atoms with Crippen molar-refractivity contribution >= 4 is 16.0 Å². The smallest absolute Gasteiger partial charge is 0.393 e. The maximum atomic E-state index is 10.9. The number of aliphatic hydroxyl groups is 1. The average molecular weight is 350 g/mol. The quantitative estimate of drug-likeness (QED) is 0.801. The second kappa shape index (κ2) is 5.31. The van der Waals surface area contributed by atoms with Gasteiger partial charge in [0.15, 0.2) is 0 Å². The molecule has 3 atom stereocenters. The lowest BCUT2D eigenvalue weighted by atomic mass is 9.62. The molecule has 130 valence electrons. The monoisotopic (exact) mass is 350 g/mol. The summed E-state index contributed by atoms with van der Waals surface area (Å²) in [7, 11) is -4.49. The molecule has 0 unspecified atom stereocenters. The van der Waals surface area contributed by atoms with Crippen LogP contribution in [0.4, 0.5) is 0 Å². The predicted octanol–water partition coefficient (Wildman–Crippen LogP) is 3.14. The maximum Gasteiger partial charge on any atom is 0.446 e. The Labute approximate surface area is 142 Å². The zero-order chi connectivity index (χ0) is 17.1. The standard InChI is InChI=1S/C18H22O5S/c1-18-9-8-14-13-5-3-12(23-24(20,21)22)10-11(13)2-4-15(14)16(18)6-7-17(18)19/h3,5,10,16-17,19H,2,4,6-9H2,1H3,(H,20,21,22)/t16-,17+,18-/m0/s1. The summed E-state index contributed by atoms with van der Waals surface area (Å²) >= 11 is 0. The Balaban J connectivity index is 1.72. The van der Waals surface area contributed by atoms with Gasteiger partial charge in [-0.3, -0.25) is 4.55 Å². The first-order valence-corrected chi connectivity index (χ1v) is 9.84. The van der Waals surface area contributed by atoms with Gasteiger partial charge in [-0.15, -0.1) is 0 Å². The van der Waals surface area contributed by atoms with Crippen molar-refractivity contribution in [1.82, 2.24) is 0 Å². The van der Waals surface area contributed by atoms with Crippen molar-refractivity contribution in [3.8, 4) is 5.75 Å². The summed E-state index contributed by atoms with van der Waals surface area (Å²) in [6.45, 7) is 2.22. The zero-order valence-corrected chi connectivity index (χ0v) is 14.5. The van der Waals surface area contributed by atoms with Crippen molar-refractivity contribution in [2.24, 2.45) is 11.3 Å². The fraction of sp³-hybridized carbons (Fsp3) is 0.556. The van der Waals surface area contributed by atoms with E-state index in [4.69, 9.17) is 4.55 Å². The summed E-state index contributed by atoms with van der Waals surface area (Å²) in [4.78, 5) is 0. The van der Waals surface area contributed by atoms with Gasteiger partial charge in [-0.25, -0.2) is 0 Å². The van der Waals surface area contributed by atoms with E-state index in [0.717, 1.165) is 44.1 Å². The summed E-state index contributed by atoms with van der Waals surface area (Å²) in [5, 5.41) is 10.4. The van der Waals surface area contributed by atoms with Gasteiger partial charge in [-0.05, 0) is 73.3 Å². The fourth-order valence-corrected chi connectivity index (χ4v) is 5.39. The average Bonchev–Trinajstić information content (AvgIpc) is 2.81. The molecule has 24 heavy (non-hydrogen) atoms. The molecular weight excluding hydrogens is 328 g/mol. The minimum atomic E-state index is -4.49. The molecule has 1 fully saturated rings. The van der Waals surface area contributed by atoms with Gasteiger partial charge in [0.1, 0.15) is 5.75 Å². The lowest BCUT2D eigenvalue weighted by Gasteiger charge is -2.43. The van der Waals surface area contributed by atoms with Crippen LogP contribution in [0.2, 0.25) is 0 Å². The number of fused-ring (bicyclic) bond motifs is 4. The fourth-order valence-electron chi connectivity index (χ4n) is 5.04. The minimum Gasteiger partial charge on any atom is -0.393 e. The highest BCUT2D eigenvalue weighted by Gasteiger charge is 2.50. The Kier molecular flexibility index (Phi) is 3.57. The molecule has 1 aromatic rings. The Bertz CT molecular complexity index is 826. The van der Waals surface area contributed by atoms with Gasteiger partial charge in [-0.2, -0.15) is 8.42 Å². The molecule has 3 aliphatic rings. The summed E-state index contributed by atoms with van der Waals surface area (Å²) in [6, 6.07) is 5.21. The first-order valence-electron chi connectivity index (χ1n) is 8.48. The van der Waals surface area contributed by atoms with Crippen LogP contribution in [0.1, 0.15) is 50.2 Å². The molecule has 0 radical (unpaired) electrons. The van der Waals surface area contributed by atoms with Gasteiger partial charge >= 0.3 is 10.4 Å². The van der Waals surface area contributed by atoms with Crippen molar-refractivity contribution in [2.75, 3.05) is 0 Å². The molecule has 4 rings (SSSR count). The topological polar surface area (TPSA) is 83.8 Å². The first-order chi connectivity index (χ1) is 11.3. The number of hydrogen-bond donors (Lipinski definition) is 2. The molecule has 0 spiro atoms. The molecule has 1 saturated carbocycles. The van der Waals surface area contributed by atoms with Gasteiger partial charge in [0, 0.05) is 5.41 Å². The van der Waals surface area contributed by atoms with Gasteiger partial charge in [0.05, 0.1) is 6.10 Å². The molecule has 0 aromatic heterocycles.